The topological polar surface area (TPSA) is 73.9 Å². The summed E-state index contributed by atoms with van der Waals surface area (Å²) in [6.07, 6.45) is 4.96. The van der Waals surface area contributed by atoms with Gasteiger partial charge < -0.3 is 25.2 Å². The molecule has 0 spiro atoms. The van der Waals surface area contributed by atoms with Gasteiger partial charge in [-0.25, -0.2) is 4.79 Å². The Hall–Kier alpha value is -3.22. The average Bonchev–Trinajstić information content (AvgIpc) is 3.48. The lowest BCUT2D eigenvalue weighted by atomic mass is 9.87. The van der Waals surface area contributed by atoms with Crippen LogP contribution in [0.3, 0.4) is 0 Å². The van der Waals surface area contributed by atoms with Crippen LogP contribution in [0.1, 0.15) is 31.2 Å². The van der Waals surface area contributed by atoms with E-state index >= 15 is 0 Å². The molecule has 5 rings (SSSR count). The lowest BCUT2D eigenvalue weighted by Gasteiger charge is -2.38. The minimum atomic E-state index is -0.315. The van der Waals surface area contributed by atoms with Crippen LogP contribution in [0, 0.1) is 24.7 Å². The van der Waals surface area contributed by atoms with Gasteiger partial charge in [0.2, 0.25) is 5.91 Å². The zero-order valence-electron chi connectivity index (χ0n) is 20.0. The number of aryl methyl sites for hydroxylation is 1. The van der Waals surface area contributed by atoms with Crippen molar-refractivity contribution < 1.29 is 14.3 Å². The van der Waals surface area contributed by atoms with Crippen LogP contribution in [-0.4, -0.2) is 50.1 Å². The molecule has 2 bridgehead atoms. The van der Waals surface area contributed by atoms with Crippen molar-refractivity contribution in [1.82, 2.24) is 4.90 Å². The molecule has 7 nitrogen and oxygen atoms in total. The summed E-state index contributed by atoms with van der Waals surface area (Å²) in [5.41, 5.74) is 3.50. The number of benzene rings is 2. The Morgan fingerprint density at radius 1 is 0.941 bits per heavy atom. The Morgan fingerprint density at radius 3 is 2.35 bits per heavy atom. The number of rotatable bonds is 5. The minimum Gasteiger partial charge on any atom is -0.495 e. The Balaban J connectivity index is 1.13. The number of carbonyl (C=O) groups is 2. The molecule has 3 amide bonds. The van der Waals surface area contributed by atoms with E-state index in [4.69, 9.17) is 4.74 Å². The standard InChI is InChI=1S/C27H34N4O3/c1-18-3-10-25(34-2)24(15-18)29-27(33)28-21-6-8-22(9-7-21)30-11-13-31(14-12-30)26(32)23-17-19-4-5-20(23)16-19/h3,6-10,15,19-20,23H,4-5,11-14,16-17H2,1-2H3,(H2,28,29,33). The van der Waals surface area contributed by atoms with Crippen LogP contribution in [0.2, 0.25) is 0 Å². The highest BCUT2D eigenvalue weighted by Crippen LogP contribution is 2.49. The number of piperazine rings is 1. The fraction of sp³-hybridized carbons (Fsp3) is 0.481. The number of urea groups is 1. The molecule has 0 radical (unpaired) electrons. The lowest BCUT2D eigenvalue weighted by molar-refractivity contribution is -0.137. The van der Waals surface area contributed by atoms with Gasteiger partial charge in [0.1, 0.15) is 5.75 Å². The number of fused-ring (bicyclic) bond motifs is 2. The molecule has 2 aliphatic carbocycles. The first kappa shape index (κ1) is 22.6. The van der Waals surface area contributed by atoms with Gasteiger partial charge in [0, 0.05) is 43.5 Å². The van der Waals surface area contributed by atoms with Gasteiger partial charge in [-0.1, -0.05) is 12.5 Å². The SMILES string of the molecule is COc1ccc(C)cc1NC(=O)Nc1ccc(N2CCN(C(=O)C3CC4CCC3C4)CC2)cc1. The molecule has 1 saturated heterocycles. The van der Waals surface area contributed by atoms with Crippen molar-refractivity contribution in [2.24, 2.45) is 17.8 Å². The maximum Gasteiger partial charge on any atom is 0.323 e. The quantitative estimate of drug-likeness (QED) is 0.674. The number of nitrogens with one attached hydrogen (secondary N) is 2. The maximum atomic E-state index is 13.0. The molecule has 0 aromatic heterocycles. The molecule has 3 aliphatic rings. The second kappa shape index (κ2) is 9.57. The first-order valence-corrected chi connectivity index (χ1v) is 12.4. The number of methoxy groups -OCH3 is 1. The number of ether oxygens (including phenoxy) is 1. The van der Waals surface area contributed by atoms with Crippen molar-refractivity contribution in [2.45, 2.75) is 32.6 Å². The Morgan fingerprint density at radius 2 is 1.71 bits per heavy atom. The molecule has 3 atom stereocenters. The minimum absolute atomic E-state index is 0.279. The molecule has 3 fully saturated rings. The van der Waals surface area contributed by atoms with Crippen molar-refractivity contribution in [3.05, 3.63) is 48.0 Å². The van der Waals surface area contributed by atoms with Crippen molar-refractivity contribution in [2.75, 3.05) is 48.8 Å². The van der Waals surface area contributed by atoms with Gasteiger partial charge in [-0.05, 0) is 80.0 Å². The molecule has 2 saturated carbocycles. The third kappa shape index (κ3) is 4.69. The fourth-order valence-electron chi connectivity index (χ4n) is 5.93. The molecule has 2 N–H and O–H groups in total. The molecule has 3 unspecified atom stereocenters. The van der Waals surface area contributed by atoms with Crippen molar-refractivity contribution in [3.63, 3.8) is 0 Å². The van der Waals surface area contributed by atoms with Crippen LogP contribution in [0.4, 0.5) is 21.9 Å². The second-order valence-electron chi connectivity index (χ2n) is 9.92. The highest BCUT2D eigenvalue weighted by molar-refractivity contribution is 6.00. The van der Waals surface area contributed by atoms with Crippen LogP contribution in [-0.2, 0) is 4.79 Å². The van der Waals surface area contributed by atoms with Crippen LogP contribution in [0.15, 0.2) is 42.5 Å². The third-order valence-electron chi connectivity index (χ3n) is 7.74. The van der Waals surface area contributed by atoms with Gasteiger partial charge in [-0.3, -0.25) is 4.79 Å². The van der Waals surface area contributed by atoms with Crippen molar-refractivity contribution in [1.29, 1.82) is 0 Å². The monoisotopic (exact) mass is 462 g/mol. The highest BCUT2D eigenvalue weighted by Gasteiger charge is 2.44. The largest absolute Gasteiger partial charge is 0.495 e. The summed E-state index contributed by atoms with van der Waals surface area (Å²) < 4.78 is 5.33. The van der Waals surface area contributed by atoms with E-state index in [1.807, 2.05) is 49.4 Å². The molecular formula is C27H34N4O3. The van der Waals surface area contributed by atoms with Gasteiger partial charge in [0.25, 0.3) is 0 Å². The average molecular weight is 463 g/mol. The van der Waals surface area contributed by atoms with Gasteiger partial charge in [0.15, 0.2) is 0 Å². The van der Waals surface area contributed by atoms with Gasteiger partial charge in [-0.15, -0.1) is 0 Å². The molecule has 180 valence electrons. The number of nitrogens with zero attached hydrogens (tertiary/aromatic N) is 2. The van der Waals surface area contributed by atoms with Crippen LogP contribution >= 0.6 is 0 Å². The van der Waals surface area contributed by atoms with E-state index in [1.54, 1.807) is 7.11 Å². The zero-order chi connectivity index (χ0) is 23.7. The molecule has 7 heteroatoms. The van der Waals surface area contributed by atoms with E-state index in [-0.39, 0.29) is 11.9 Å². The molecule has 1 aliphatic heterocycles. The summed E-state index contributed by atoms with van der Waals surface area (Å²) in [7, 11) is 1.58. The van der Waals surface area contributed by atoms with Crippen LogP contribution in [0.25, 0.3) is 0 Å². The van der Waals surface area contributed by atoms with Gasteiger partial charge in [-0.2, -0.15) is 0 Å². The molecule has 2 aromatic carbocycles. The predicted octanol–water partition coefficient (Wildman–Crippen LogP) is 4.73. The second-order valence-corrected chi connectivity index (χ2v) is 9.92. The van der Waals surface area contributed by atoms with E-state index < -0.39 is 0 Å². The number of carbonyl (C=O) groups excluding carboxylic acids is 2. The number of anilines is 3. The van der Waals surface area contributed by atoms with Crippen LogP contribution < -0.4 is 20.3 Å². The summed E-state index contributed by atoms with van der Waals surface area (Å²) in [5.74, 6) is 2.73. The van der Waals surface area contributed by atoms with E-state index in [0.717, 1.165) is 55.5 Å². The molecule has 34 heavy (non-hydrogen) atoms. The predicted molar refractivity (Wildman–Crippen MR) is 135 cm³/mol. The first-order valence-electron chi connectivity index (χ1n) is 12.4. The van der Waals surface area contributed by atoms with Gasteiger partial charge >= 0.3 is 6.03 Å². The molecule has 2 aromatic rings. The summed E-state index contributed by atoms with van der Waals surface area (Å²) >= 11 is 0. The van der Waals surface area contributed by atoms with Crippen molar-refractivity contribution >= 4 is 29.0 Å². The molecule has 1 heterocycles. The summed E-state index contributed by atoms with van der Waals surface area (Å²) in [5, 5.41) is 5.73. The smallest absolute Gasteiger partial charge is 0.323 e. The number of amides is 3. The van der Waals surface area contributed by atoms with Crippen LogP contribution in [0.5, 0.6) is 5.75 Å². The third-order valence-corrected chi connectivity index (χ3v) is 7.74. The van der Waals surface area contributed by atoms with E-state index in [0.29, 0.717) is 23.3 Å². The summed E-state index contributed by atoms with van der Waals surface area (Å²) in [6.45, 7) is 5.22. The molecular weight excluding hydrogens is 428 g/mol. The summed E-state index contributed by atoms with van der Waals surface area (Å²) in [4.78, 5) is 29.9. The Labute approximate surface area is 201 Å². The lowest BCUT2D eigenvalue weighted by Crippen LogP contribution is -2.51. The fourth-order valence-corrected chi connectivity index (χ4v) is 5.93. The maximum absolute atomic E-state index is 13.0. The van der Waals surface area contributed by atoms with E-state index in [2.05, 4.69) is 20.4 Å². The van der Waals surface area contributed by atoms with Crippen molar-refractivity contribution in [3.8, 4) is 5.75 Å². The highest BCUT2D eigenvalue weighted by atomic mass is 16.5. The zero-order valence-corrected chi connectivity index (χ0v) is 20.0. The van der Waals surface area contributed by atoms with Gasteiger partial charge in [0.05, 0.1) is 12.8 Å². The Bertz CT molecular complexity index is 1050. The normalized spacial score (nSPS) is 23.6. The summed E-state index contributed by atoms with van der Waals surface area (Å²) in [6, 6.07) is 13.2. The number of hydrogen-bond acceptors (Lipinski definition) is 4. The first-order chi connectivity index (χ1) is 16.5. The van der Waals surface area contributed by atoms with E-state index in [9.17, 15) is 9.59 Å². The number of hydrogen-bond donors (Lipinski definition) is 2. The Kier molecular flexibility index (Phi) is 6.35. The van der Waals surface area contributed by atoms with E-state index in [1.165, 1.54) is 19.3 Å².